The van der Waals surface area contributed by atoms with Crippen LogP contribution in [0.15, 0.2) is 34.9 Å². The molecule has 1 aliphatic heterocycles. The molecule has 2 N–H and O–H groups in total. The molecule has 0 bridgehead atoms. The summed E-state index contributed by atoms with van der Waals surface area (Å²) in [6.07, 6.45) is 2.92. The lowest BCUT2D eigenvalue weighted by molar-refractivity contribution is 0.193. The molecule has 2 heterocycles. The average Bonchev–Trinajstić information content (AvgIpc) is 3.01. The van der Waals surface area contributed by atoms with Gasteiger partial charge in [-0.3, -0.25) is 4.68 Å². The molecule has 4 nitrogen and oxygen atoms in total. The number of anilines is 1. The zero-order chi connectivity index (χ0) is 13.2. The first-order valence-corrected chi connectivity index (χ1v) is 7.17. The van der Waals surface area contributed by atoms with Crippen molar-refractivity contribution in [3.63, 3.8) is 0 Å². The van der Waals surface area contributed by atoms with Crippen molar-refractivity contribution >= 4 is 21.6 Å². The van der Waals surface area contributed by atoms with Crippen molar-refractivity contribution in [3.05, 3.63) is 46.2 Å². The van der Waals surface area contributed by atoms with Crippen molar-refractivity contribution in [1.29, 1.82) is 0 Å². The van der Waals surface area contributed by atoms with E-state index in [1.54, 1.807) is 0 Å². The van der Waals surface area contributed by atoms with Crippen LogP contribution in [0.5, 0.6) is 0 Å². The molecule has 0 saturated carbocycles. The zero-order valence-electron chi connectivity index (χ0n) is 10.6. The molecule has 3 rings (SSSR count). The summed E-state index contributed by atoms with van der Waals surface area (Å²) in [7, 11) is 0. The molecule has 5 heteroatoms. The Morgan fingerprint density at radius 1 is 1.42 bits per heavy atom. The van der Waals surface area contributed by atoms with E-state index in [1.165, 1.54) is 5.56 Å². The lowest BCUT2D eigenvalue weighted by atomic mass is 10.0. The quantitative estimate of drug-likeness (QED) is 0.945. The molecule has 2 aromatic rings. The number of halogens is 1. The van der Waals surface area contributed by atoms with Gasteiger partial charge >= 0.3 is 0 Å². The second kappa shape index (κ2) is 5.35. The van der Waals surface area contributed by atoms with Crippen LogP contribution in [0, 0.1) is 0 Å². The lowest BCUT2D eigenvalue weighted by Crippen LogP contribution is -2.05. The highest BCUT2D eigenvalue weighted by Crippen LogP contribution is 2.28. The molecule has 0 amide bonds. The molecule has 1 aliphatic rings. The summed E-state index contributed by atoms with van der Waals surface area (Å²) in [5.74, 6) is 0.348. The van der Waals surface area contributed by atoms with Crippen molar-refractivity contribution in [2.75, 3.05) is 18.9 Å². The van der Waals surface area contributed by atoms with Crippen molar-refractivity contribution in [1.82, 2.24) is 9.78 Å². The van der Waals surface area contributed by atoms with E-state index in [0.717, 1.165) is 42.0 Å². The van der Waals surface area contributed by atoms with Crippen LogP contribution in [0.2, 0.25) is 0 Å². The smallest absolute Gasteiger partial charge is 0.0908 e. The van der Waals surface area contributed by atoms with Crippen LogP contribution >= 0.6 is 15.9 Å². The fourth-order valence-corrected chi connectivity index (χ4v) is 2.81. The summed E-state index contributed by atoms with van der Waals surface area (Å²) >= 11 is 3.55. The van der Waals surface area contributed by atoms with Gasteiger partial charge in [-0.2, -0.15) is 5.10 Å². The van der Waals surface area contributed by atoms with Gasteiger partial charge in [-0.25, -0.2) is 0 Å². The number of hydrogen-bond donors (Lipinski definition) is 1. The van der Waals surface area contributed by atoms with Crippen molar-refractivity contribution in [2.45, 2.75) is 18.9 Å². The third kappa shape index (κ3) is 2.67. The van der Waals surface area contributed by atoms with Crippen LogP contribution in [0.3, 0.4) is 0 Å². The molecule has 19 heavy (non-hydrogen) atoms. The summed E-state index contributed by atoms with van der Waals surface area (Å²) in [5, 5.41) is 4.62. The Kier molecular flexibility index (Phi) is 3.57. The molecular formula is C14H16BrN3O. The van der Waals surface area contributed by atoms with Crippen molar-refractivity contribution in [2.24, 2.45) is 0 Å². The van der Waals surface area contributed by atoms with Crippen molar-refractivity contribution in [3.8, 4) is 0 Å². The third-order valence-corrected chi connectivity index (χ3v) is 4.20. The van der Waals surface area contributed by atoms with Crippen LogP contribution in [-0.2, 0) is 11.3 Å². The lowest BCUT2D eigenvalue weighted by Gasteiger charge is -2.05. The van der Waals surface area contributed by atoms with Crippen LogP contribution < -0.4 is 5.73 Å². The maximum atomic E-state index is 6.06. The van der Waals surface area contributed by atoms with Gasteiger partial charge < -0.3 is 10.5 Å². The Bertz CT molecular complexity index is 576. The minimum atomic E-state index is 0.348. The number of hydrogen-bond acceptors (Lipinski definition) is 3. The molecule has 1 atom stereocenters. The minimum absolute atomic E-state index is 0.348. The average molecular weight is 322 g/mol. The third-order valence-electron chi connectivity index (χ3n) is 3.43. The number of ether oxygens (including phenoxy) is 1. The normalized spacial score (nSPS) is 18.9. The molecule has 0 radical (unpaired) electrons. The molecule has 0 aliphatic carbocycles. The first-order chi connectivity index (χ1) is 9.24. The van der Waals surface area contributed by atoms with Gasteiger partial charge in [0, 0.05) is 23.2 Å². The number of nitrogens with two attached hydrogens (primary N) is 1. The molecular weight excluding hydrogens is 306 g/mol. The molecule has 1 aromatic carbocycles. The molecule has 100 valence electrons. The van der Waals surface area contributed by atoms with Crippen molar-refractivity contribution < 1.29 is 4.74 Å². The Hall–Kier alpha value is -1.33. The number of nitrogens with zero attached hydrogens (tertiary/aromatic N) is 2. The summed E-state index contributed by atoms with van der Waals surface area (Å²) in [4.78, 5) is 0. The maximum absolute atomic E-state index is 6.06. The molecule has 1 unspecified atom stereocenters. The molecule has 1 saturated heterocycles. The van der Waals surface area contributed by atoms with Gasteiger partial charge in [0.25, 0.3) is 0 Å². The number of aromatic nitrogens is 2. The Morgan fingerprint density at radius 2 is 2.26 bits per heavy atom. The van der Waals surface area contributed by atoms with Gasteiger partial charge in [-0.05, 0) is 18.1 Å². The van der Waals surface area contributed by atoms with Gasteiger partial charge in [0.2, 0.25) is 0 Å². The second-order valence-corrected chi connectivity index (χ2v) is 5.67. The maximum Gasteiger partial charge on any atom is 0.0908 e. The molecule has 0 spiro atoms. The largest absolute Gasteiger partial charge is 0.396 e. The first kappa shape index (κ1) is 12.7. The standard InChI is InChI=1S/C14H16BrN3O/c15-12-4-2-1-3-10(12)7-18-8-13(16)14(17-18)11-5-6-19-9-11/h1-4,8,11H,5-7,9,16H2. The highest BCUT2D eigenvalue weighted by atomic mass is 79.9. The van der Waals surface area contributed by atoms with E-state index in [1.807, 2.05) is 29.1 Å². The van der Waals surface area contributed by atoms with E-state index in [4.69, 9.17) is 10.5 Å². The van der Waals surface area contributed by atoms with E-state index >= 15 is 0 Å². The molecule has 1 aromatic heterocycles. The fourth-order valence-electron chi connectivity index (χ4n) is 2.40. The predicted octanol–water partition coefficient (Wildman–Crippen LogP) is 2.78. The van der Waals surface area contributed by atoms with Crippen LogP contribution in [0.1, 0.15) is 23.6 Å². The topological polar surface area (TPSA) is 53.1 Å². The Morgan fingerprint density at radius 3 is 3.00 bits per heavy atom. The monoisotopic (exact) mass is 321 g/mol. The number of benzene rings is 1. The highest BCUT2D eigenvalue weighted by molar-refractivity contribution is 9.10. The van der Waals surface area contributed by atoms with E-state index in [9.17, 15) is 0 Å². The Labute approximate surface area is 120 Å². The summed E-state index contributed by atoms with van der Waals surface area (Å²) < 4.78 is 8.40. The number of rotatable bonds is 3. The van der Waals surface area contributed by atoms with Crippen LogP contribution in [-0.4, -0.2) is 23.0 Å². The zero-order valence-corrected chi connectivity index (χ0v) is 12.1. The van der Waals surface area contributed by atoms with Gasteiger partial charge in [-0.1, -0.05) is 34.1 Å². The first-order valence-electron chi connectivity index (χ1n) is 6.38. The van der Waals surface area contributed by atoms with E-state index < -0.39 is 0 Å². The van der Waals surface area contributed by atoms with E-state index in [-0.39, 0.29) is 0 Å². The summed E-state index contributed by atoms with van der Waals surface area (Å²) in [6, 6.07) is 8.15. The molecule has 1 fully saturated rings. The summed E-state index contributed by atoms with van der Waals surface area (Å²) in [6.45, 7) is 2.26. The van der Waals surface area contributed by atoms with Crippen LogP contribution in [0.4, 0.5) is 5.69 Å². The summed E-state index contributed by atoms with van der Waals surface area (Å²) in [5.41, 5.74) is 9.00. The van der Waals surface area contributed by atoms with E-state index in [0.29, 0.717) is 5.92 Å². The SMILES string of the molecule is Nc1cn(Cc2ccccc2Br)nc1C1CCOC1. The highest BCUT2D eigenvalue weighted by Gasteiger charge is 2.23. The predicted molar refractivity (Wildman–Crippen MR) is 78.1 cm³/mol. The fraction of sp³-hybridized carbons (Fsp3) is 0.357. The Balaban J connectivity index is 1.82. The minimum Gasteiger partial charge on any atom is -0.396 e. The number of nitrogen functional groups attached to an aromatic ring is 1. The van der Waals surface area contributed by atoms with Gasteiger partial charge in [0.05, 0.1) is 24.5 Å². The second-order valence-electron chi connectivity index (χ2n) is 4.82. The van der Waals surface area contributed by atoms with Gasteiger partial charge in [-0.15, -0.1) is 0 Å². The van der Waals surface area contributed by atoms with Crippen LogP contribution in [0.25, 0.3) is 0 Å². The van der Waals surface area contributed by atoms with Gasteiger partial charge in [0.1, 0.15) is 0 Å². The van der Waals surface area contributed by atoms with Gasteiger partial charge in [0.15, 0.2) is 0 Å². The van der Waals surface area contributed by atoms with E-state index in [2.05, 4.69) is 27.1 Å².